The average molecular weight is 279 g/mol. The Balaban J connectivity index is 1.69. The quantitative estimate of drug-likeness (QED) is 0.883. The number of fused-ring (bicyclic) bond motifs is 1. The van der Waals surface area contributed by atoms with Crippen molar-refractivity contribution in [1.82, 2.24) is 0 Å². The molecular formula is C20H25N. The normalized spacial score (nSPS) is 19.0. The highest BCUT2D eigenvalue weighted by molar-refractivity contribution is 5.33. The van der Waals surface area contributed by atoms with Gasteiger partial charge in [-0.05, 0) is 67.2 Å². The molecule has 3 rings (SSSR count). The van der Waals surface area contributed by atoms with Crippen LogP contribution >= 0.6 is 0 Å². The zero-order valence-corrected chi connectivity index (χ0v) is 12.9. The predicted molar refractivity (Wildman–Crippen MR) is 89.6 cm³/mol. The molecule has 0 saturated heterocycles. The molecule has 1 aliphatic rings. The summed E-state index contributed by atoms with van der Waals surface area (Å²) in [6.07, 6.45) is 5.92. The fourth-order valence-corrected chi connectivity index (χ4v) is 3.67. The second kappa shape index (κ2) is 6.44. The van der Waals surface area contributed by atoms with Crippen LogP contribution in [0.4, 0.5) is 0 Å². The highest BCUT2D eigenvalue weighted by atomic mass is 14.6. The zero-order chi connectivity index (χ0) is 14.7. The van der Waals surface area contributed by atoms with Crippen LogP contribution in [0.1, 0.15) is 47.4 Å². The first-order chi connectivity index (χ1) is 10.2. The van der Waals surface area contributed by atoms with E-state index in [2.05, 4.69) is 55.5 Å². The highest BCUT2D eigenvalue weighted by Crippen LogP contribution is 2.34. The van der Waals surface area contributed by atoms with Crippen molar-refractivity contribution < 1.29 is 0 Å². The number of aryl methyl sites for hydroxylation is 2. The fourth-order valence-electron chi connectivity index (χ4n) is 3.67. The van der Waals surface area contributed by atoms with Crippen LogP contribution in [-0.2, 0) is 12.8 Å². The van der Waals surface area contributed by atoms with E-state index in [4.69, 9.17) is 5.73 Å². The summed E-state index contributed by atoms with van der Waals surface area (Å²) in [7, 11) is 0. The molecule has 110 valence electrons. The second-order valence-electron chi connectivity index (χ2n) is 6.41. The van der Waals surface area contributed by atoms with Crippen molar-refractivity contribution in [2.45, 2.75) is 51.0 Å². The first-order valence-electron chi connectivity index (χ1n) is 8.12. The first kappa shape index (κ1) is 14.3. The van der Waals surface area contributed by atoms with E-state index in [1.807, 2.05) is 0 Å². The summed E-state index contributed by atoms with van der Waals surface area (Å²) in [5, 5.41) is 0. The highest BCUT2D eigenvalue weighted by Gasteiger charge is 2.22. The Morgan fingerprint density at radius 1 is 1.10 bits per heavy atom. The Kier molecular flexibility index (Phi) is 4.40. The van der Waals surface area contributed by atoms with Gasteiger partial charge in [-0.1, -0.05) is 48.5 Å². The number of hydrogen-bond donors (Lipinski definition) is 1. The SMILES string of the molecule is Cc1ccccc1CC(N)CC1CCCc2ccccc21. The lowest BCUT2D eigenvalue weighted by Gasteiger charge is -2.28. The summed E-state index contributed by atoms with van der Waals surface area (Å²) >= 11 is 0. The minimum absolute atomic E-state index is 0.252. The van der Waals surface area contributed by atoms with Gasteiger partial charge in [0.25, 0.3) is 0 Å². The van der Waals surface area contributed by atoms with Crippen LogP contribution in [0, 0.1) is 6.92 Å². The summed E-state index contributed by atoms with van der Waals surface area (Å²) < 4.78 is 0. The zero-order valence-electron chi connectivity index (χ0n) is 12.9. The van der Waals surface area contributed by atoms with Gasteiger partial charge >= 0.3 is 0 Å². The van der Waals surface area contributed by atoms with Crippen molar-refractivity contribution in [1.29, 1.82) is 0 Å². The molecule has 2 unspecified atom stereocenters. The van der Waals surface area contributed by atoms with Crippen molar-refractivity contribution in [3.63, 3.8) is 0 Å². The van der Waals surface area contributed by atoms with E-state index in [9.17, 15) is 0 Å². The van der Waals surface area contributed by atoms with Gasteiger partial charge in [0.05, 0.1) is 0 Å². The number of hydrogen-bond acceptors (Lipinski definition) is 1. The molecule has 0 aliphatic heterocycles. The molecule has 1 heteroatoms. The molecule has 2 N–H and O–H groups in total. The van der Waals surface area contributed by atoms with Crippen LogP contribution in [0.5, 0.6) is 0 Å². The largest absolute Gasteiger partial charge is 0.327 e. The van der Waals surface area contributed by atoms with Gasteiger partial charge in [0.1, 0.15) is 0 Å². The van der Waals surface area contributed by atoms with E-state index >= 15 is 0 Å². The van der Waals surface area contributed by atoms with Crippen LogP contribution < -0.4 is 5.73 Å². The molecular weight excluding hydrogens is 254 g/mol. The van der Waals surface area contributed by atoms with Crippen molar-refractivity contribution in [3.8, 4) is 0 Å². The van der Waals surface area contributed by atoms with Crippen molar-refractivity contribution >= 4 is 0 Å². The summed E-state index contributed by atoms with van der Waals surface area (Å²) in [4.78, 5) is 0. The summed E-state index contributed by atoms with van der Waals surface area (Å²) in [6, 6.07) is 17.8. The van der Waals surface area contributed by atoms with E-state index < -0.39 is 0 Å². The molecule has 1 aliphatic carbocycles. The molecule has 2 aromatic carbocycles. The van der Waals surface area contributed by atoms with Gasteiger partial charge in [0, 0.05) is 6.04 Å². The smallest absolute Gasteiger partial charge is 0.00852 e. The molecule has 1 nitrogen and oxygen atoms in total. The van der Waals surface area contributed by atoms with Crippen LogP contribution in [0.15, 0.2) is 48.5 Å². The molecule has 0 fully saturated rings. The topological polar surface area (TPSA) is 26.0 Å². The number of rotatable bonds is 4. The second-order valence-corrected chi connectivity index (χ2v) is 6.41. The average Bonchev–Trinajstić information content (AvgIpc) is 2.50. The molecule has 0 radical (unpaired) electrons. The summed E-state index contributed by atoms with van der Waals surface area (Å²) in [5.74, 6) is 0.647. The third-order valence-electron chi connectivity index (χ3n) is 4.82. The van der Waals surface area contributed by atoms with Crippen LogP contribution in [0.2, 0.25) is 0 Å². The van der Waals surface area contributed by atoms with E-state index in [0.29, 0.717) is 5.92 Å². The molecule has 2 atom stereocenters. The van der Waals surface area contributed by atoms with Gasteiger partial charge in [0.2, 0.25) is 0 Å². The number of benzene rings is 2. The van der Waals surface area contributed by atoms with Crippen LogP contribution in [0.3, 0.4) is 0 Å². The predicted octanol–water partition coefficient (Wildman–Crippen LogP) is 4.38. The molecule has 0 spiro atoms. The monoisotopic (exact) mass is 279 g/mol. The van der Waals surface area contributed by atoms with Crippen molar-refractivity contribution in [2.24, 2.45) is 5.73 Å². The lowest BCUT2D eigenvalue weighted by molar-refractivity contribution is 0.466. The Morgan fingerprint density at radius 2 is 1.86 bits per heavy atom. The molecule has 0 amide bonds. The Bertz CT molecular complexity index is 602. The molecule has 0 bridgehead atoms. The lowest BCUT2D eigenvalue weighted by Crippen LogP contribution is -2.27. The van der Waals surface area contributed by atoms with E-state index in [1.54, 1.807) is 5.56 Å². The fraction of sp³-hybridized carbons (Fsp3) is 0.400. The maximum Gasteiger partial charge on any atom is 0.00852 e. The molecule has 0 aromatic heterocycles. The van der Waals surface area contributed by atoms with Crippen LogP contribution in [-0.4, -0.2) is 6.04 Å². The van der Waals surface area contributed by atoms with E-state index in [0.717, 1.165) is 12.8 Å². The third-order valence-corrected chi connectivity index (χ3v) is 4.82. The Hall–Kier alpha value is -1.60. The van der Waals surface area contributed by atoms with Gasteiger partial charge in [-0.2, -0.15) is 0 Å². The van der Waals surface area contributed by atoms with Gasteiger partial charge in [-0.3, -0.25) is 0 Å². The minimum Gasteiger partial charge on any atom is -0.327 e. The first-order valence-corrected chi connectivity index (χ1v) is 8.12. The van der Waals surface area contributed by atoms with E-state index in [-0.39, 0.29) is 6.04 Å². The Labute approximate surface area is 128 Å². The Morgan fingerprint density at radius 3 is 2.71 bits per heavy atom. The lowest BCUT2D eigenvalue weighted by atomic mass is 9.79. The summed E-state index contributed by atoms with van der Waals surface area (Å²) in [5.41, 5.74) is 12.3. The molecule has 0 saturated carbocycles. The minimum atomic E-state index is 0.252. The molecule has 0 heterocycles. The van der Waals surface area contributed by atoms with Gasteiger partial charge in [-0.25, -0.2) is 0 Å². The standard InChI is InChI=1S/C20H25N/c1-15-7-2-3-9-17(15)13-19(21)14-18-11-6-10-16-8-4-5-12-20(16)18/h2-5,7-9,12,18-19H,6,10-11,13-14,21H2,1H3. The maximum atomic E-state index is 6.46. The molecule has 21 heavy (non-hydrogen) atoms. The molecule has 2 aromatic rings. The summed E-state index contributed by atoms with van der Waals surface area (Å²) in [6.45, 7) is 2.18. The van der Waals surface area contributed by atoms with Crippen LogP contribution in [0.25, 0.3) is 0 Å². The van der Waals surface area contributed by atoms with E-state index in [1.165, 1.54) is 36.0 Å². The third kappa shape index (κ3) is 3.36. The van der Waals surface area contributed by atoms with Gasteiger partial charge in [-0.15, -0.1) is 0 Å². The van der Waals surface area contributed by atoms with Crippen molar-refractivity contribution in [2.75, 3.05) is 0 Å². The number of nitrogens with two attached hydrogens (primary N) is 1. The van der Waals surface area contributed by atoms with Crippen molar-refractivity contribution in [3.05, 3.63) is 70.8 Å². The van der Waals surface area contributed by atoms with Gasteiger partial charge in [0.15, 0.2) is 0 Å². The van der Waals surface area contributed by atoms with Gasteiger partial charge < -0.3 is 5.73 Å². The maximum absolute atomic E-state index is 6.46.